The molecule has 4 rings (SSSR count). The number of benzene rings is 2. The van der Waals surface area contributed by atoms with E-state index in [1.54, 1.807) is 31.2 Å². The van der Waals surface area contributed by atoms with Gasteiger partial charge in [0.2, 0.25) is 0 Å². The van der Waals surface area contributed by atoms with Gasteiger partial charge in [-0.3, -0.25) is 4.18 Å². The second-order valence-electron chi connectivity index (χ2n) is 11.5. The topological polar surface area (TPSA) is 172 Å². The quantitative estimate of drug-likeness (QED) is 0.0140. The zero-order valence-electron chi connectivity index (χ0n) is 42.6. The van der Waals surface area contributed by atoms with Crippen molar-refractivity contribution in [1.82, 2.24) is 29.9 Å². The summed E-state index contributed by atoms with van der Waals surface area (Å²) >= 11 is 0.903. The molecule has 0 spiro atoms. The van der Waals surface area contributed by atoms with Crippen molar-refractivity contribution >= 4 is 57.6 Å². The van der Waals surface area contributed by atoms with Crippen LogP contribution >= 0.6 is 12.0 Å². The Morgan fingerprint density at radius 2 is 0.959 bits per heavy atom. The molecule has 0 unspecified atom stereocenters. The molecule has 74 heavy (non-hydrogen) atoms. The molecule has 0 aliphatic heterocycles. The van der Waals surface area contributed by atoms with Crippen molar-refractivity contribution < 1.29 is 779 Å². The van der Waals surface area contributed by atoms with Crippen LogP contribution in [0.15, 0.2) is 46.2 Å². The van der Waals surface area contributed by atoms with Crippen molar-refractivity contribution in [3.8, 4) is 0 Å². The number of aryl methyl sites for hydroxylation is 2. The number of unbranched alkanes of at least 4 members (excludes halogenated alkanes) is 9. The van der Waals surface area contributed by atoms with Gasteiger partial charge < -0.3 is 40.5 Å². The summed E-state index contributed by atoms with van der Waals surface area (Å²) in [6, 6.07) is 10.2. The zero-order chi connectivity index (χ0) is 36.3. The van der Waals surface area contributed by atoms with E-state index in [9.17, 15) is 8.42 Å². The summed E-state index contributed by atoms with van der Waals surface area (Å²) < 4.78 is 35.8. The molecule has 0 amide bonds. The van der Waals surface area contributed by atoms with Crippen molar-refractivity contribution in [3.63, 3.8) is 0 Å². The molecule has 0 atom stereocenters. The third kappa shape index (κ3) is 70.4. The van der Waals surface area contributed by atoms with Gasteiger partial charge in [0.1, 0.15) is 16.8 Å². The molecule has 0 aliphatic rings. The van der Waals surface area contributed by atoms with E-state index in [-0.39, 0.29) is 763 Å². The van der Waals surface area contributed by atoms with Gasteiger partial charge in [-0.25, -0.2) is 4.89 Å². The molecule has 2 heterocycles. The molecule has 0 saturated heterocycles. The Labute approximate surface area is 1030 Å². The number of nitrogens with one attached hydrogen (secondary N) is 2. The van der Waals surface area contributed by atoms with Crippen LogP contribution in [-0.4, -0.2) is 52.5 Å². The third-order valence-electron chi connectivity index (χ3n) is 7.65. The first-order valence-corrected chi connectivity index (χ1v) is 19.0. The molecule has 4 aromatic rings. The second-order valence-corrected chi connectivity index (χ2v) is 13.9. The molecule has 39 heteroatoms. The van der Waals surface area contributed by atoms with Gasteiger partial charge in [0, 0.05) is 793 Å². The molecule has 14 nitrogen and oxygen atoms in total. The molecule has 0 bridgehead atoms. The molecule has 0 saturated carbocycles. The van der Waals surface area contributed by atoms with Crippen LogP contribution in [-0.2, 0) is 787 Å². The standard InChI is InChI=1S/C35H44N8O6S2.23Y/c1-5-6-7-8-9-10-11-12-13-14-15-33-37-25-39-35(43-33)41-29-20-18-27(31(22-29)50-49-48-46-3)16-17-28-19-21-30(23-32(28)51(44,45)47-4)42-34-38-24-36-26(2)40-34;;;;;;;;;;;;;;;;;;;;;;;/h16-23H,5-15H2,1-4H3,(H,36,38,40,42)(H,37,39,41,43);;;;;;;;;;;;;;;;;;;;;;;/q-2;;;;;;;;;;;;;;;;;;;;;;;. The predicted molar refractivity (Wildman–Crippen MR) is 195 cm³/mol. The molecule has 23 radical (unpaired) electrons. The van der Waals surface area contributed by atoms with Crippen LogP contribution in [0.3, 0.4) is 0 Å². The predicted octanol–water partition coefficient (Wildman–Crippen LogP) is 7.88. The fourth-order valence-corrected chi connectivity index (χ4v) is 6.48. The normalized spacial score (nSPS) is 8.05. The summed E-state index contributed by atoms with van der Waals surface area (Å²) in [5.41, 5.74) is 2.17. The van der Waals surface area contributed by atoms with E-state index in [1.165, 1.54) is 64.5 Å². The van der Waals surface area contributed by atoms with E-state index in [0.29, 0.717) is 45.0 Å². The van der Waals surface area contributed by atoms with Crippen molar-refractivity contribution in [2.75, 3.05) is 24.9 Å². The molecular weight excluding hydrogens is 2740 g/mol. The molecule has 0 fully saturated rings. The van der Waals surface area contributed by atoms with Crippen molar-refractivity contribution in [1.29, 1.82) is 0 Å². The molecule has 2 aromatic carbocycles. The average molecular weight is 2780 g/mol. The number of hydrogen-bond donors (Lipinski definition) is 2. The summed E-state index contributed by atoms with van der Waals surface area (Å²) in [5.74, 6) is 1.74. The minimum Gasteiger partial charge on any atom is -0.378 e. The van der Waals surface area contributed by atoms with E-state index < -0.39 is 10.1 Å². The Bertz CT molecular complexity index is 1880. The Balaban J connectivity index is -0.0000000704. The first kappa shape index (κ1) is 149. The Morgan fingerprint density at radius 3 is 1.42 bits per heavy atom. The van der Waals surface area contributed by atoms with E-state index >= 15 is 0 Å². The first-order chi connectivity index (χ1) is 24.8. The van der Waals surface area contributed by atoms with Crippen LogP contribution in [0.1, 0.15) is 93.9 Å². The fourth-order valence-electron chi connectivity index (χ4n) is 5.04. The van der Waals surface area contributed by atoms with Crippen molar-refractivity contribution in [3.05, 3.63) is 71.8 Å². The number of aromatic nitrogens is 6. The van der Waals surface area contributed by atoms with Crippen LogP contribution in [0, 0.1) is 19.6 Å². The Morgan fingerprint density at radius 1 is 0.541 bits per heavy atom. The number of rotatable bonds is 23. The summed E-state index contributed by atoms with van der Waals surface area (Å²) in [7, 11) is -1.67. The van der Waals surface area contributed by atoms with Gasteiger partial charge in [0.25, 0.3) is 10.1 Å². The molecule has 343 valence electrons. The van der Waals surface area contributed by atoms with Gasteiger partial charge in [-0.1, -0.05) is 107 Å². The molecule has 2 aromatic heterocycles. The Hall–Kier alpha value is 21.3. The van der Waals surface area contributed by atoms with E-state index in [2.05, 4.69) is 70.0 Å². The number of anilines is 4. The largest absolute Gasteiger partial charge is 0.378 e. The van der Waals surface area contributed by atoms with E-state index in [0.717, 1.165) is 38.4 Å². The van der Waals surface area contributed by atoms with Crippen LogP contribution in [0.25, 0.3) is 12.2 Å². The summed E-state index contributed by atoms with van der Waals surface area (Å²) in [5, 5.41) is 10.8. The summed E-state index contributed by atoms with van der Waals surface area (Å²) in [6.07, 6.45) is 21.9. The SMILES string of the molecule is CCCCCCCCCCCCc1n[c-]nc(Nc2ccc(C=Cc3ccc(Nc4n[c-]nc(C)n4)cc3S(=O)(=O)OC)c(SOOOC)c2)n1.[Y].[Y].[Y].[Y].[Y].[Y].[Y].[Y].[Y].[Y].[Y].[Y].[Y].[Y].[Y].[Y].[Y].[Y].[Y].[Y].[Y].[Y].[Y]. The maximum Gasteiger partial charge on any atom is 0.297 e. The van der Waals surface area contributed by atoms with Gasteiger partial charge in [0.05, 0.1) is 26.3 Å². The van der Waals surface area contributed by atoms with Gasteiger partial charge in [-0.2, -0.15) is 8.42 Å². The summed E-state index contributed by atoms with van der Waals surface area (Å²) in [6.45, 7) is 3.94. The monoisotopic (exact) mass is 2780 g/mol. The van der Waals surface area contributed by atoms with Crippen LogP contribution in [0.4, 0.5) is 23.3 Å². The fraction of sp³-hybridized carbons (Fsp3) is 0.429. The minimum absolute atomic E-state index is 0. The maximum absolute atomic E-state index is 12.9. The minimum atomic E-state index is -4.09. The van der Waals surface area contributed by atoms with Gasteiger partial charge >= 0.3 is 0 Å². The zero-order valence-corrected chi connectivity index (χ0v) is 110. The van der Waals surface area contributed by atoms with Crippen LogP contribution in [0.2, 0.25) is 0 Å². The van der Waals surface area contributed by atoms with Crippen LogP contribution < -0.4 is 10.6 Å². The second kappa shape index (κ2) is 98.5. The third-order valence-corrected chi connectivity index (χ3v) is 9.64. The first-order valence-electron chi connectivity index (χ1n) is 16.9. The van der Waals surface area contributed by atoms with Gasteiger partial charge in [-0.05, 0) is 41.8 Å². The van der Waals surface area contributed by atoms with Gasteiger partial charge in [-0.15, -0.1) is 4.33 Å². The number of hydrogen-bond acceptors (Lipinski definition) is 15. The Kier molecular flexibility index (Phi) is 199. The van der Waals surface area contributed by atoms with Crippen molar-refractivity contribution in [2.45, 2.75) is 94.3 Å². The van der Waals surface area contributed by atoms with Crippen LogP contribution in [0.5, 0.6) is 0 Å². The average Bonchev–Trinajstić information content (AvgIpc) is 3.12. The number of nitrogens with zero attached hydrogens (tertiary/aromatic N) is 6. The molecule has 2 N–H and O–H groups in total. The summed E-state index contributed by atoms with van der Waals surface area (Å²) in [4.78, 5) is 30.1. The smallest absolute Gasteiger partial charge is 0.297 e. The molecule has 0 aliphatic carbocycles. The van der Waals surface area contributed by atoms with E-state index in [4.69, 9.17) is 8.52 Å². The van der Waals surface area contributed by atoms with Gasteiger partial charge in [0.15, 0.2) is 0 Å². The molecular formula is C35H44N8O6S2Y23-2. The van der Waals surface area contributed by atoms with Crippen molar-refractivity contribution in [2.24, 2.45) is 0 Å². The maximum atomic E-state index is 12.9. The van der Waals surface area contributed by atoms with E-state index in [1.807, 2.05) is 18.2 Å².